The van der Waals surface area contributed by atoms with Crippen molar-refractivity contribution in [3.8, 4) is 5.75 Å². The average molecular weight is 309 g/mol. The fourth-order valence-electron chi connectivity index (χ4n) is 2.08. The minimum absolute atomic E-state index is 0.000825. The van der Waals surface area contributed by atoms with E-state index >= 15 is 0 Å². The zero-order valence-electron chi connectivity index (χ0n) is 11.6. The molecule has 0 aromatic heterocycles. The van der Waals surface area contributed by atoms with Crippen molar-refractivity contribution in [3.63, 3.8) is 0 Å². The number of rotatable bonds is 5. The number of para-hydroxylation sites is 2. The van der Waals surface area contributed by atoms with Gasteiger partial charge in [0.2, 0.25) is 11.8 Å². The molecule has 1 aliphatic rings. The van der Waals surface area contributed by atoms with Crippen molar-refractivity contribution in [2.75, 3.05) is 12.0 Å². The number of nitrogens with zero attached hydrogens (tertiary/aromatic N) is 1. The van der Waals surface area contributed by atoms with E-state index in [1.165, 1.54) is 14.0 Å². The van der Waals surface area contributed by atoms with Gasteiger partial charge < -0.3 is 9.84 Å². The van der Waals surface area contributed by atoms with Gasteiger partial charge in [0, 0.05) is 6.42 Å². The number of carboxylic acids is 1. The number of benzene rings is 1. The molecule has 1 aliphatic heterocycles. The molecule has 21 heavy (non-hydrogen) atoms. The van der Waals surface area contributed by atoms with Crippen LogP contribution in [0, 0.1) is 0 Å². The molecule has 6 nitrogen and oxygen atoms in total. The van der Waals surface area contributed by atoms with Gasteiger partial charge in [0.1, 0.15) is 11.0 Å². The van der Waals surface area contributed by atoms with Crippen molar-refractivity contribution >= 4 is 35.2 Å². The number of methoxy groups -OCH3 is 1. The number of hydrogen-bond donors (Lipinski definition) is 1. The second-order valence-corrected chi connectivity index (χ2v) is 6.10. The van der Waals surface area contributed by atoms with Crippen LogP contribution in [0.25, 0.3) is 0 Å². The van der Waals surface area contributed by atoms with Gasteiger partial charge in [-0.15, -0.1) is 11.8 Å². The Kier molecular flexibility index (Phi) is 4.52. The quantitative estimate of drug-likeness (QED) is 0.831. The van der Waals surface area contributed by atoms with Crippen LogP contribution < -0.4 is 9.64 Å². The second kappa shape index (κ2) is 6.17. The maximum absolute atomic E-state index is 12.4. The lowest BCUT2D eigenvalue weighted by molar-refractivity contribution is -0.136. The van der Waals surface area contributed by atoms with Crippen LogP contribution in [0.4, 0.5) is 5.69 Å². The third-order valence-electron chi connectivity index (χ3n) is 3.15. The number of anilines is 1. The van der Waals surface area contributed by atoms with Gasteiger partial charge in [0.05, 0.1) is 18.0 Å². The van der Waals surface area contributed by atoms with E-state index in [1.54, 1.807) is 24.3 Å². The summed E-state index contributed by atoms with van der Waals surface area (Å²) in [6, 6.07) is 6.74. The van der Waals surface area contributed by atoms with Crippen LogP contribution in [0.3, 0.4) is 0 Å². The first-order valence-corrected chi connectivity index (χ1v) is 7.28. The normalized spacial score (nSPS) is 19.7. The molecule has 2 unspecified atom stereocenters. The van der Waals surface area contributed by atoms with Crippen LogP contribution in [0.1, 0.15) is 13.3 Å². The number of imide groups is 1. The molecule has 112 valence electrons. The molecule has 1 aromatic rings. The number of hydrogen-bond acceptors (Lipinski definition) is 5. The van der Waals surface area contributed by atoms with Crippen LogP contribution in [-0.2, 0) is 14.4 Å². The van der Waals surface area contributed by atoms with Crippen LogP contribution in [-0.4, -0.2) is 40.5 Å². The van der Waals surface area contributed by atoms with E-state index in [2.05, 4.69) is 0 Å². The van der Waals surface area contributed by atoms with E-state index in [9.17, 15) is 14.4 Å². The Morgan fingerprint density at radius 3 is 2.71 bits per heavy atom. The molecule has 1 N–H and O–H groups in total. The Labute approximate surface area is 126 Å². The van der Waals surface area contributed by atoms with Crippen LogP contribution in [0.2, 0.25) is 0 Å². The Morgan fingerprint density at radius 2 is 2.10 bits per heavy atom. The lowest BCUT2D eigenvalue weighted by Crippen LogP contribution is -2.32. The molecule has 0 bridgehead atoms. The van der Waals surface area contributed by atoms with Crippen molar-refractivity contribution in [2.24, 2.45) is 0 Å². The van der Waals surface area contributed by atoms with Crippen molar-refractivity contribution in [3.05, 3.63) is 24.3 Å². The summed E-state index contributed by atoms with van der Waals surface area (Å²) < 4.78 is 5.16. The summed E-state index contributed by atoms with van der Waals surface area (Å²) >= 11 is 0.987. The number of carboxylic acid groups (broad SMARTS) is 1. The molecule has 0 spiro atoms. The zero-order valence-corrected chi connectivity index (χ0v) is 12.4. The predicted molar refractivity (Wildman–Crippen MR) is 78.6 cm³/mol. The molecule has 1 heterocycles. The van der Waals surface area contributed by atoms with Gasteiger partial charge in [-0.2, -0.15) is 0 Å². The topological polar surface area (TPSA) is 83.9 Å². The molecule has 0 radical (unpaired) electrons. The molecule has 0 aliphatic carbocycles. The standard InChI is InChI=1S/C14H15NO5S/c1-8(14(18)19)21-11-7-12(16)15(13(11)17)9-5-3-4-6-10(9)20-2/h3-6,8,11H,7H2,1-2H3,(H,18,19). The fraction of sp³-hybridized carbons (Fsp3) is 0.357. The smallest absolute Gasteiger partial charge is 0.316 e. The first-order chi connectivity index (χ1) is 9.95. The maximum atomic E-state index is 12.4. The first-order valence-electron chi connectivity index (χ1n) is 6.33. The van der Waals surface area contributed by atoms with E-state index in [0.717, 1.165) is 16.7 Å². The average Bonchev–Trinajstić information content (AvgIpc) is 2.73. The summed E-state index contributed by atoms with van der Waals surface area (Å²) in [4.78, 5) is 36.4. The molecular weight excluding hydrogens is 294 g/mol. The van der Waals surface area contributed by atoms with Gasteiger partial charge >= 0.3 is 5.97 Å². The third kappa shape index (κ3) is 3.02. The summed E-state index contributed by atoms with van der Waals surface area (Å²) in [7, 11) is 1.46. The minimum atomic E-state index is -1.00. The molecule has 1 aromatic carbocycles. The number of ether oxygens (including phenoxy) is 1. The highest BCUT2D eigenvalue weighted by Gasteiger charge is 2.42. The fourth-order valence-corrected chi connectivity index (χ4v) is 3.15. The summed E-state index contributed by atoms with van der Waals surface area (Å²) in [5, 5.41) is 7.49. The van der Waals surface area contributed by atoms with Crippen molar-refractivity contribution in [1.82, 2.24) is 0 Å². The van der Waals surface area contributed by atoms with Crippen molar-refractivity contribution in [1.29, 1.82) is 0 Å². The Hall–Kier alpha value is -2.02. The number of thioether (sulfide) groups is 1. The van der Waals surface area contributed by atoms with Gasteiger partial charge in [-0.05, 0) is 19.1 Å². The maximum Gasteiger partial charge on any atom is 0.316 e. The Balaban J connectivity index is 2.24. The zero-order chi connectivity index (χ0) is 15.6. The molecule has 7 heteroatoms. The minimum Gasteiger partial charge on any atom is -0.495 e. The summed E-state index contributed by atoms with van der Waals surface area (Å²) in [5.41, 5.74) is 0.390. The highest BCUT2D eigenvalue weighted by Crippen LogP contribution is 2.36. The lowest BCUT2D eigenvalue weighted by Gasteiger charge is -2.18. The number of aliphatic carboxylic acids is 1. The van der Waals surface area contributed by atoms with E-state index in [4.69, 9.17) is 9.84 Å². The van der Waals surface area contributed by atoms with Gasteiger partial charge in [-0.1, -0.05) is 12.1 Å². The summed E-state index contributed by atoms with van der Waals surface area (Å²) in [6.07, 6.45) is -0.000825. The van der Waals surface area contributed by atoms with Gasteiger partial charge in [-0.25, -0.2) is 4.90 Å². The summed E-state index contributed by atoms with van der Waals surface area (Å²) in [5.74, 6) is -1.32. The van der Waals surface area contributed by atoms with Gasteiger partial charge in [-0.3, -0.25) is 14.4 Å². The molecule has 1 saturated heterocycles. The monoisotopic (exact) mass is 309 g/mol. The molecule has 1 fully saturated rings. The van der Waals surface area contributed by atoms with Gasteiger partial charge in [0.25, 0.3) is 0 Å². The van der Waals surface area contributed by atoms with Crippen LogP contribution in [0.15, 0.2) is 24.3 Å². The van der Waals surface area contributed by atoms with Crippen LogP contribution >= 0.6 is 11.8 Å². The second-order valence-electron chi connectivity index (χ2n) is 4.55. The third-order valence-corrected chi connectivity index (χ3v) is 4.45. The molecule has 0 saturated carbocycles. The largest absolute Gasteiger partial charge is 0.495 e. The summed E-state index contributed by atoms with van der Waals surface area (Å²) in [6.45, 7) is 1.50. The molecule has 2 amide bonds. The number of amides is 2. The highest BCUT2D eigenvalue weighted by atomic mass is 32.2. The van der Waals surface area contributed by atoms with Crippen molar-refractivity contribution < 1.29 is 24.2 Å². The van der Waals surface area contributed by atoms with E-state index in [1.807, 2.05) is 0 Å². The van der Waals surface area contributed by atoms with E-state index in [0.29, 0.717) is 11.4 Å². The Bertz CT molecular complexity index is 588. The van der Waals surface area contributed by atoms with E-state index < -0.39 is 22.4 Å². The first kappa shape index (κ1) is 15.4. The molecule has 2 atom stereocenters. The SMILES string of the molecule is COc1ccccc1N1C(=O)CC(SC(C)C(=O)O)C1=O. The predicted octanol–water partition coefficient (Wildman–Crippen LogP) is 1.53. The molecular formula is C14H15NO5S. The highest BCUT2D eigenvalue weighted by molar-refractivity contribution is 8.01. The van der Waals surface area contributed by atoms with E-state index in [-0.39, 0.29) is 12.3 Å². The lowest BCUT2D eigenvalue weighted by atomic mass is 10.2. The Morgan fingerprint density at radius 1 is 1.43 bits per heavy atom. The van der Waals surface area contributed by atoms with Crippen LogP contribution in [0.5, 0.6) is 5.75 Å². The van der Waals surface area contributed by atoms with Gasteiger partial charge in [0.15, 0.2) is 0 Å². The van der Waals surface area contributed by atoms with Crippen molar-refractivity contribution in [2.45, 2.75) is 23.8 Å². The number of carbonyl (C=O) groups is 3. The number of carbonyl (C=O) groups excluding carboxylic acids is 2. The molecule has 2 rings (SSSR count).